The zero-order valence-electron chi connectivity index (χ0n) is 20.1. The quantitative estimate of drug-likeness (QED) is 0.247. The first-order chi connectivity index (χ1) is 17.9. The van der Waals surface area contributed by atoms with E-state index >= 15 is 4.39 Å². The summed E-state index contributed by atoms with van der Waals surface area (Å²) in [7, 11) is 0. The van der Waals surface area contributed by atoms with Gasteiger partial charge >= 0.3 is 0 Å². The van der Waals surface area contributed by atoms with Gasteiger partial charge in [0.05, 0.1) is 31.2 Å². The number of thiocarbonyl (C=S) groups is 1. The standard InChI is InChI=1S/C27H28F3N5OS/c28-22-8-6-19(7-9-22)15-34-10-11-35(16-23(34)18-36-17-20-4-2-1-3-5-20)26-13-24(29)21(12-25(26)30)14-32-33-27(31)37/h1-9,12-14,23H,10-11,15-18H2,(H3,31,33,37)/t23-/m1/s1. The van der Waals surface area contributed by atoms with E-state index in [0.717, 1.165) is 23.4 Å². The van der Waals surface area contributed by atoms with Crippen LogP contribution in [0.2, 0.25) is 0 Å². The molecule has 6 nitrogen and oxygen atoms in total. The molecule has 1 heterocycles. The molecule has 3 aromatic carbocycles. The van der Waals surface area contributed by atoms with Crippen molar-refractivity contribution in [3.8, 4) is 0 Å². The summed E-state index contributed by atoms with van der Waals surface area (Å²) in [5.41, 5.74) is 9.78. The zero-order chi connectivity index (χ0) is 26.2. The molecule has 194 valence electrons. The summed E-state index contributed by atoms with van der Waals surface area (Å²) < 4.78 is 49.2. The first-order valence-corrected chi connectivity index (χ1v) is 12.2. The van der Waals surface area contributed by atoms with E-state index in [1.807, 2.05) is 35.2 Å². The number of ether oxygens (including phenoxy) is 1. The van der Waals surface area contributed by atoms with Crippen LogP contribution in [0.4, 0.5) is 18.9 Å². The molecule has 0 spiro atoms. The van der Waals surface area contributed by atoms with Crippen LogP contribution in [-0.4, -0.2) is 48.5 Å². The van der Waals surface area contributed by atoms with Gasteiger partial charge in [0.15, 0.2) is 5.11 Å². The molecule has 3 N–H and O–H groups in total. The molecule has 37 heavy (non-hydrogen) atoms. The van der Waals surface area contributed by atoms with Gasteiger partial charge in [-0.25, -0.2) is 13.2 Å². The smallest absolute Gasteiger partial charge is 0.184 e. The van der Waals surface area contributed by atoms with Crippen molar-refractivity contribution in [2.75, 3.05) is 31.1 Å². The van der Waals surface area contributed by atoms with Crippen molar-refractivity contribution in [1.29, 1.82) is 0 Å². The molecule has 0 bridgehead atoms. The van der Waals surface area contributed by atoms with Gasteiger partial charge in [-0.3, -0.25) is 10.3 Å². The average Bonchev–Trinajstić information content (AvgIpc) is 2.88. The van der Waals surface area contributed by atoms with E-state index in [1.54, 1.807) is 12.1 Å². The number of hydrogen-bond acceptors (Lipinski definition) is 5. The van der Waals surface area contributed by atoms with Crippen LogP contribution in [0, 0.1) is 17.5 Å². The topological polar surface area (TPSA) is 66.1 Å². The van der Waals surface area contributed by atoms with Crippen LogP contribution >= 0.6 is 12.2 Å². The van der Waals surface area contributed by atoms with Gasteiger partial charge in [-0.1, -0.05) is 42.5 Å². The van der Waals surface area contributed by atoms with Crippen molar-refractivity contribution >= 4 is 29.2 Å². The molecule has 0 aliphatic carbocycles. The summed E-state index contributed by atoms with van der Waals surface area (Å²) in [6, 6.07) is 18.4. The van der Waals surface area contributed by atoms with Crippen molar-refractivity contribution in [3.05, 3.63) is 101 Å². The van der Waals surface area contributed by atoms with Crippen molar-refractivity contribution < 1.29 is 17.9 Å². The fourth-order valence-electron chi connectivity index (χ4n) is 4.25. The van der Waals surface area contributed by atoms with E-state index in [9.17, 15) is 8.78 Å². The van der Waals surface area contributed by atoms with Crippen molar-refractivity contribution in [1.82, 2.24) is 10.3 Å². The molecule has 0 unspecified atom stereocenters. The van der Waals surface area contributed by atoms with E-state index in [0.29, 0.717) is 39.4 Å². The molecule has 1 saturated heterocycles. The number of nitrogens with two attached hydrogens (primary N) is 1. The Hall–Kier alpha value is -3.47. The van der Waals surface area contributed by atoms with Crippen LogP contribution in [0.1, 0.15) is 16.7 Å². The molecule has 1 fully saturated rings. The predicted molar refractivity (Wildman–Crippen MR) is 143 cm³/mol. The lowest BCUT2D eigenvalue weighted by Crippen LogP contribution is -2.54. The summed E-state index contributed by atoms with van der Waals surface area (Å²) in [6.45, 7) is 2.95. The van der Waals surface area contributed by atoms with Gasteiger partial charge in [-0.15, -0.1) is 0 Å². The minimum Gasteiger partial charge on any atom is -0.375 e. The van der Waals surface area contributed by atoms with Crippen LogP contribution in [0.5, 0.6) is 0 Å². The minimum absolute atomic E-state index is 0.0253. The Balaban J connectivity index is 1.49. The monoisotopic (exact) mass is 527 g/mol. The molecule has 4 rings (SSSR count). The summed E-state index contributed by atoms with van der Waals surface area (Å²) in [5.74, 6) is -1.46. The summed E-state index contributed by atoms with van der Waals surface area (Å²) >= 11 is 4.65. The Labute approximate surface area is 219 Å². The molecule has 0 saturated carbocycles. The lowest BCUT2D eigenvalue weighted by Gasteiger charge is -2.42. The van der Waals surface area contributed by atoms with Crippen molar-refractivity contribution in [2.24, 2.45) is 10.8 Å². The fourth-order valence-corrected chi connectivity index (χ4v) is 4.30. The summed E-state index contributed by atoms with van der Waals surface area (Å²) in [6.07, 6.45) is 1.13. The Bertz CT molecular complexity index is 1230. The van der Waals surface area contributed by atoms with E-state index in [4.69, 9.17) is 10.5 Å². The van der Waals surface area contributed by atoms with Gasteiger partial charge < -0.3 is 15.4 Å². The third-order valence-electron chi connectivity index (χ3n) is 6.11. The van der Waals surface area contributed by atoms with Crippen LogP contribution in [0.3, 0.4) is 0 Å². The Morgan fingerprint density at radius 1 is 1.03 bits per heavy atom. The van der Waals surface area contributed by atoms with Crippen LogP contribution in [0.15, 0.2) is 71.8 Å². The SMILES string of the molecule is NC(=S)NN=Cc1cc(F)c(N2CCN(Cc3ccc(F)cc3)[C@@H](COCc3ccccc3)C2)cc1F. The highest BCUT2D eigenvalue weighted by molar-refractivity contribution is 7.80. The third kappa shape index (κ3) is 7.51. The Morgan fingerprint density at radius 3 is 2.51 bits per heavy atom. The molecule has 1 aliphatic heterocycles. The largest absolute Gasteiger partial charge is 0.375 e. The predicted octanol–water partition coefficient (Wildman–Crippen LogP) is 4.18. The highest BCUT2D eigenvalue weighted by Crippen LogP contribution is 2.26. The second-order valence-corrected chi connectivity index (χ2v) is 9.20. The Kier molecular flexibility index (Phi) is 9.10. The summed E-state index contributed by atoms with van der Waals surface area (Å²) in [5, 5.41) is 3.63. The van der Waals surface area contributed by atoms with E-state index in [-0.39, 0.29) is 28.2 Å². The number of nitrogens with zero attached hydrogens (tertiary/aromatic N) is 3. The average molecular weight is 528 g/mol. The molecule has 0 radical (unpaired) electrons. The van der Waals surface area contributed by atoms with Crippen molar-refractivity contribution in [3.63, 3.8) is 0 Å². The number of benzene rings is 3. The maximum Gasteiger partial charge on any atom is 0.184 e. The summed E-state index contributed by atoms with van der Waals surface area (Å²) in [4.78, 5) is 4.05. The van der Waals surface area contributed by atoms with Crippen LogP contribution < -0.4 is 16.1 Å². The maximum atomic E-state index is 15.1. The van der Waals surface area contributed by atoms with Gasteiger partial charge in [-0.05, 0) is 41.5 Å². The van der Waals surface area contributed by atoms with E-state index < -0.39 is 11.6 Å². The first kappa shape index (κ1) is 26.6. The third-order valence-corrected chi connectivity index (χ3v) is 6.20. The minimum atomic E-state index is -0.615. The van der Waals surface area contributed by atoms with Crippen LogP contribution in [-0.2, 0) is 17.9 Å². The first-order valence-electron chi connectivity index (χ1n) is 11.8. The molecular formula is C27H28F3N5OS. The normalized spacial score (nSPS) is 16.3. The van der Waals surface area contributed by atoms with E-state index in [1.165, 1.54) is 18.2 Å². The van der Waals surface area contributed by atoms with Gasteiger partial charge in [0.2, 0.25) is 0 Å². The highest BCUT2D eigenvalue weighted by atomic mass is 32.1. The molecule has 3 aromatic rings. The number of nitrogens with one attached hydrogen (secondary N) is 1. The molecule has 1 atom stereocenters. The number of hydrazone groups is 1. The second kappa shape index (κ2) is 12.7. The molecule has 10 heteroatoms. The fraction of sp³-hybridized carbons (Fsp3) is 0.259. The molecule has 0 amide bonds. The highest BCUT2D eigenvalue weighted by Gasteiger charge is 2.29. The van der Waals surface area contributed by atoms with E-state index in [2.05, 4.69) is 27.6 Å². The zero-order valence-corrected chi connectivity index (χ0v) is 20.9. The van der Waals surface area contributed by atoms with Gasteiger partial charge in [0.1, 0.15) is 17.5 Å². The molecule has 0 aromatic heterocycles. The van der Waals surface area contributed by atoms with Crippen molar-refractivity contribution in [2.45, 2.75) is 19.2 Å². The number of hydrogen-bond donors (Lipinski definition) is 2. The Morgan fingerprint density at radius 2 is 1.78 bits per heavy atom. The molecule has 1 aliphatic rings. The van der Waals surface area contributed by atoms with Gasteiger partial charge in [0, 0.05) is 37.8 Å². The molecular weight excluding hydrogens is 499 g/mol. The second-order valence-electron chi connectivity index (χ2n) is 8.76. The number of piperazine rings is 1. The number of anilines is 1. The van der Waals surface area contributed by atoms with Crippen LogP contribution in [0.25, 0.3) is 0 Å². The van der Waals surface area contributed by atoms with Gasteiger partial charge in [0.25, 0.3) is 0 Å². The maximum absolute atomic E-state index is 15.1. The lowest BCUT2D eigenvalue weighted by atomic mass is 10.1. The van der Waals surface area contributed by atoms with Gasteiger partial charge in [-0.2, -0.15) is 5.10 Å². The lowest BCUT2D eigenvalue weighted by molar-refractivity contribution is 0.0411. The number of halogens is 3. The number of rotatable bonds is 9.